The summed E-state index contributed by atoms with van der Waals surface area (Å²) >= 11 is 1.32. The standard InChI is InChI=1S/C25H27NO3S/c1-6-16-7-9-17(10-8-16)20-15-30-23(21(20)24(28)29-5)26-22(27)18-11-13-19(14-12-18)25(2,3)4/h7-15H,6H2,1-5H3,(H,26,27). The van der Waals surface area contributed by atoms with Crippen LogP contribution in [-0.2, 0) is 16.6 Å². The summed E-state index contributed by atoms with van der Waals surface area (Å²) in [5.74, 6) is -0.723. The van der Waals surface area contributed by atoms with Crippen molar-refractivity contribution in [2.45, 2.75) is 39.5 Å². The minimum Gasteiger partial charge on any atom is -0.465 e. The molecular formula is C25H27NO3S. The van der Waals surface area contributed by atoms with Crippen LogP contribution in [0.15, 0.2) is 53.9 Å². The van der Waals surface area contributed by atoms with Crippen molar-refractivity contribution in [2.75, 3.05) is 12.4 Å². The van der Waals surface area contributed by atoms with Crippen LogP contribution in [0.1, 0.15) is 59.5 Å². The fourth-order valence-corrected chi connectivity index (χ4v) is 4.14. The molecule has 0 unspecified atom stereocenters. The second-order valence-corrected chi connectivity index (χ2v) is 9.06. The molecule has 1 amide bonds. The Balaban J connectivity index is 1.91. The van der Waals surface area contributed by atoms with E-state index in [1.165, 1.54) is 24.0 Å². The molecule has 0 radical (unpaired) electrons. The van der Waals surface area contributed by atoms with Crippen molar-refractivity contribution in [3.05, 3.63) is 76.2 Å². The maximum Gasteiger partial charge on any atom is 0.341 e. The van der Waals surface area contributed by atoms with Crippen molar-refractivity contribution in [1.29, 1.82) is 0 Å². The van der Waals surface area contributed by atoms with E-state index >= 15 is 0 Å². The van der Waals surface area contributed by atoms with Crippen LogP contribution < -0.4 is 5.32 Å². The fourth-order valence-electron chi connectivity index (χ4n) is 3.18. The van der Waals surface area contributed by atoms with Crippen molar-refractivity contribution in [2.24, 2.45) is 0 Å². The van der Waals surface area contributed by atoms with Gasteiger partial charge in [0.05, 0.1) is 7.11 Å². The Morgan fingerprint density at radius 1 is 1.00 bits per heavy atom. The van der Waals surface area contributed by atoms with Gasteiger partial charge in [0.1, 0.15) is 10.6 Å². The van der Waals surface area contributed by atoms with Gasteiger partial charge in [-0.05, 0) is 40.7 Å². The monoisotopic (exact) mass is 421 g/mol. The number of aryl methyl sites for hydroxylation is 1. The third-order valence-electron chi connectivity index (χ3n) is 5.09. The van der Waals surface area contributed by atoms with E-state index in [4.69, 9.17) is 4.74 Å². The molecule has 0 bridgehead atoms. The van der Waals surface area contributed by atoms with Gasteiger partial charge in [-0.3, -0.25) is 4.79 Å². The molecule has 0 atom stereocenters. The highest BCUT2D eigenvalue weighted by molar-refractivity contribution is 7.15. The van der Waals surface area contributed by atoms with Gasteiger partial charge in [0.2, 0.25) is 0 Å². The number of amides is 1. The van der Waals surface area contributed by atoms with E-state index in [0.29, 0.717) is 16.1 Å². The Kier molecular flexibility index (Phi) is 6.42. The molecular weight excluding hydrogens is 394 g/mol. The summed E-state index contributed by atoms with van der Waals surface area (Å²) < 4.78 is 5.00. The third kappa shape index (κ3) is 4.62. The Morgan fingerprint density at radius 2 is 1.63 bits per heavy atom. The highest BCUT2D eigenvalue weighted by Crippen LogP contribution is 2.36. The number of benzene rings is 2. The molecule has 2 aromatic carbocycles. The summed E-state index contributed by atoms with van der Waals surface area (Å²) in [4.78, 5) is 25.3. The first kappa shape index (κ1) is 21.8. The quantitative estimate of drug-likeness (QED) is 0.491. The summed E-state index contributed by atoms with van der Waals surface area (Å²) in [6, 6.07) is 15.6. The first-order valence-corrected chi connectivity index (χ1v) is 10.8. The molecule has 156 valence electrons. The zero-order valence-corrected chi connectivity index (χ0v) is 18.9. The van der Waals surface area contributed by atoms with E-state index in [9.17, 15) is 9.59 Å². The molecule has 0 spiro atoms. The highest BCUT2D eigenvalue weighted by Gasteiger charge is 2.23. The van der Waals surface area contributed by atoms with Crippen LogP contribution in [0.2, 0.25) is 0 Å². The molecule has 0 fully saturated rings. The van der Waals surface area contributed by atoms with Gasteiger partial charge in [0, 0.05) is 16.5 Å². The Morgan fingerprint density at radius 3 is 2.17 bits per heavy atom. The number of carbonyl (C=O) groups is 2. The molecule has 4 nitrogen and oxygen atoms in total. The topological polar surface area (TPSA) is 55.4 Å². The number of hydrogen-bond donors (Lipinski definition) is 1. The van der Waals surface area contributed by atoms with Gasteiger partial charge >= 0.3 is 5.97 Å². The second kappa shape index (κ2) is 8.84. The van der Waals surface area contributed by atoms with Gasteiger partial charge in [-0.15, -0.1) is 11.3 Å². The number of esters is 1. The molecule has 5 heteroatoms. The van der Waals surface area contributed by atoms with Gasteiger partial charge in [-0.25, -0.2) is 4.79 Å². The number of nitrogens with one attached hydrogen (secondary N) is 1. The van der Waals surface area contributed by atoms with Crippen LogP contribution in [0.3, 0.4) is 0 Å². The van der Waals surface area contributed by atoms with Crippen molar-refractivity contribution < 1.29 is 14.3 Å². The van der Waals surface area contributed by atoms with E-state index in [-0.39, 0.29) is 11.3 Å². The molecule has 0 aliphatic carbocycles. The number of anilines is 1. The number of methoxy groups -OCH3 is 1. The zero-order valence-electron chi connectivity index (χ0n) is 18.0. The van der Waals surface area contributed by atoms with Crippen molar-refractivity contribution in [3.8, 4) is 11.1 Å². The van der Waals surface area contributed by atoms with Gasteiger partial charge in [0.15, 0.2) is 0 Å². The predicted octanol–water partition coefficient (Wildman–Crippen LogP) is 6.31. The van der Waals surface area contributed by atoms with E-state index in [0.717, 1.165) is 23.1 Å². The summed E-state index contributed by atoms with van der Waals surface area (Å²) in [5.41, 5.74) is 4.99. The maximum atomic E-state index is 12.8. The first-order chi connectivity index (χ1) is 14.2. The Hall–Kier alpha value is -2.92. The first-order valence-electron chi connectivity index (χ1n) is 9.95. The van der Waals surface area contributed by atoms with Gasteiger partial charge in [0.25, 0.3) is 5.91 Å². The molecule has 3 rings (SSSR count). The van der Waals surface area contributed by atoms with Crippen LogP contribution in [0.25, 0.3) is 11.1 Å². The Bertz CT molecular complexity index is 1040. The Labute approximate surface area is 181 Å². The molecule has 1 heterocycles. The summed E-state index contributed by atoms with van der Waals surface area (Å²) in [7, 11) is 1.35. The van der Waals surface area contributed by atoms with E-state index in [1.807, 2.05) is 53.9 Å². The van der Waals surface area contributed by atoms with Crippen LogP contribution in [0.4, 0.5) is 5.00 Å². The highest BCUT2D eigenvalue weighted by atomic mass is 32.1. The zero-order chi connectivity index (χ0) is 21.9. The number of hydrogen-bond acceptors (Lipinski definition) is 4. The van der Waals surface area contributed by atoms with Crippen LogP contribution in [-0.4, -0.2) is 19.0 Å². The average molecular weight is 422 g/mol. The normalized spacial score (nSPS) is 11.2. The van der Waals surface area contributed by atoms with E-state index < -0.39 is 5.97 Å². The largest absolute Gasteiger partial charge is 0.465 e. The van der Waals surface area contributed by atoms with Crippen LogP contribution >= 0.6 is 11.3 Å². The van der Waals surface area contributed by atoms with Crippen molar-refractivity contribution in [1.82, 2.24) is 0 Å². The van der Waals surface area contributed by atoms with Crippen molar-refractivity contribution in [3.63, 3.8) is 0 Å². The molecule has 0 aliphatic heterocycles. The summed E-state index contributed by atoms with van der Waals surface area (Å²) in [6.45, 7) is 8.49. The predicted molar refractivity (Wildman–Crippen MR) is 124 cm³/mol. The van der Waals surface area contributed by atoms with Crippen LogP contribution in [0.5, 0.6) is 0 Å². The number of ether oxygens (including phenoxy) is 1. The molecule has 0 saturated carbocycles. The van der Waals surface area contributed by atoms with E-state index in [2.05, 4.69) is 33.0 Å². The van der Waals surface area contributed by atoms with Gasteiger partial charge in [-0.2, -0.15) is 0 Å². The lowest BCUT2D eigenvalue weighted by Gasteiger charge is -2.19. The number of rotatable bonds is 5. The molecule has 0 saturated heterocycles. The second-order valence-electron chi connectivity index (χ2n) is 8.18. The smallest absolute Gasteiger partial charge is 0.341 e. The van der Waals surface area contributed by atoms with E-state index in [1.54, 1.807) is 0 Å². The van der Waals surface area contributed by atoms with Crippen molar-refractivity contribution >= 4 is 28.2 Å². The lowest BCUT2D eigenvalue weighted by atomic mass is 9.87. The number of thiophene rings is 1. The summed E-state index contributed by atoms with van der Waals surface area (Å²) in [5, 5.41) is 5.26. The fraction of sp³-hybridized carbons (Fsp3) is 0.280. The average Bonchev–Trinajstić information content (AvgIpc) is 3.16. The molecule has 3 aromatic rings. The lowest BCUT2D eigenvalue weighted by molar-refractivity contribution is 0.0603. The third-order valence-corrected chi connectivity index (χ3v) is 5.99. The number of carbonyl (C=O) groups excluding carboxylic acids is 2. The minimum atomic E-state index is -0.468. The van der Waals surface area contributed by atoms with Gasteiger partial charge < -0.3 is 10.1 Å². The molecule has 1 N–H and O–H groups in total. The van der Waals surface area contributed by atoms with Gasteiger partial charge in [-0.1, -0.05) is 64.1 Å². The SMILES string of the molecule is CCc1ccc(-c2csc(NC(=O)c3ccc(C(C)(C)C)cc3)c2C(=O)OC)cc1. The van der Waals surface area contributed by atoms with Crippen LogP contribution in [0, 0.1) is 0 Å². The maximum absolute atomic E-state index is 12.8. The molecule has 1 aromatic heterocycles. The molecule has 0 aliphatic rings. The lowest BCUT2D eigenvalue weighted by Crippen LogP contribution is -2.15. The molecule has 30 heavy (non-hydrogen) atoms. The minimum absolute atomic E-state index is 0.0169. The summed E-state index contributed by atoms with van der Waals surface area (Å²) in [6.07, 6.45) is 0.948.